The van der Waals surface area contributed by atoms with Crippen LogP contribution in [0.2, 0.25) is 5.02 Å². The summed E-state index contributed by atoms with van der Waals surface area (Å²) < 4.78 is 0. The van der Waals surface area contributed by atoms with Gasteiger partial charge >= 0.3 is 0 Å². The molecule has 0 spiro atoms. The topological polar surface area (TPSA) is 78.4 Å². The lowest BCUT2D eigenvalue weighted by molar-refractivity contribution is -0.116. The average Bonchev–Trinajstić information content (AvgIpc) is 2.74. The number of rotatable bonds is 7. The fourth-order valence-electron chi connectivity index (χ4n) is 2.96. The molecule has 3 N–H and O–H groups in total. The van der Waals surface area contributed by atoms with E-state index in [-0.39, 0.29) is 24.8 Å². The van der Waals surface area contributed by atoms with Gasteiger partial charge in [0.05, 0.1) is 29.7 Å². The second-order valence-electron chi connectivity index (χ2n) is 6.53. The third kappa shape index (κ3) is 5.67. The van der Waals surface area contributed by atoms with Gasteiger partial charge in [0.2, 0.25) is 5.91 Å². The second kappa shape index (κ2) is 9.87. The van der Waals surface area contributed by atoms with E-state index in [9.17, 15) is 14.7 Å². The molecule has 0 aliphatic heterocycles. The fourth-order valence-corrected chi connectivity index (χ4v) is 3.19. The Labute approximate surface area is 174 Å². The molecule has 0 fully saturated rings. The first-order valence-corrected chi connectivity index (χ1v) is 9.54. The van der Waals surface area contributed by atoms with Crippen molar-refractivity contribution >= 4 is 29.1 Å². The van der Waals surface area contributed by atoms with Gasteiger partial charge in [-0.3, -0.25) is 9.59 Å². The minimum absolute atomic E-state index is 0.0452. The molecule has 0 aromatic heterocycles. The largest absolute Gasteiger partial charge is 0.392 e. The highest BCUT2D eigenvalue weighted by molar-refractivity contribution is 6.33. The first kappa shape index (κ1) is 20.6. The molecule has 0 saturated carbocycles. The van der Waals surface area contributed by atoms with Crippen LogP contribution in [-0.4, -0.2) is 16.9 Å². The van der Waals surface area contributed by atoms with Crippen molar-refractivity contribution in [1.82, 2.24) is 5.32 Å². The van der Waals surface area contributed by atoms with E-state index in [4.69, 9.17) is 11.6 Å². The Kier molecular flexibility index (Phi) is 7.00. The molecule has 3 aromatic rings. The summed E-state index contributed by atoms with van der Waals surface area (Å²) in [5, 5.41) is 15.3. The zero-order valence-corrected chi connectivity index (χ0v) is 16.4. The number of amides is 2. The monoisotopic (exact) mass is 408 g/mol. The van der Waals surface area contributed by atoms with Crippen molar-refractivity contribution in [2.24, 2.45) is 0 Å². The zero-order chi connectivity index (χ0) is 20.6. The number of hydrogen-bond donors (Lipinski definition) is 3. The van der Waals surface area contributed by atoms with E-state index < -0.39 is 6.04 Å². The minimum Gasteiger partial charge on any atom is -0.392 e. The summed E-state index contributed by atoms with van der Waals surface area (Å²) >= 11 is 6.13. The van der Waals surface area contributed by atoms with Crippen LogP contribution in [-0.2, 0) is 11.4 Å². The first-order chi connectivity index (χ1) is 14.1. The lowest BCUT2D eigenvalue weighted by Crippen LogP contribution is -2.31. The Morgan fingerprint density at radius 1 is 0.931 bits per heavy atom. The first-order valence-electron chi connectivity index (χ1n) is 9.17. The highest BCUT2D eigenvalue weighted by atomic mass is 35.5. The highest BCUT2D eigenvalue weighted by Crippen LogP contribution is 2.21. The summed E-state index contributed by atoms with van der Waals surface area (Å²) in [6, 6.07) is 22.5. The van der Waals surface area contributed by atoms with Gasteiger partial charge < -0.3 is 15.7 Å². The molecule has 0 radical (unpaired) electrons. The predicted octanol–water partition coefficient (Wildman–Crippen LogP) is 4.33. The molecule has 2 amide bonds. The Balaban J connectivity index is 1.76. The van der Waals surface area contributed by atoms with Crippen LogP contribution in [0, 0.1) is 0 Å². The quantitative estimate of drug-likeness (QED) is 0.544. The minimum atomic E-state index is -0.527. The van der Waals surface area contributed by atoms with Crippen LogP contribution in [0.15, 0.2) is 78.9 Å². The number of hydrogen-bond acceptors (Lipinski definition) is 3. The molecule has 3 aromatic carbocycles. The van der Waals surface area contributed by atoms with Crippen molar-refractivity contribution in [2.45, 2.75) is 19.1 Å². The van der Waals surface area contributed by atoms with Crippen molar-refractivity contribution in [3.63, 3.8) is 0 Å². The molecule has 0 aliphatic carbocycles. The van der Waals surface area contributed by atoms with Gasteiger partial charge in [-0.2, -0.15) is 0 Å². The smallest absolute Gasteiger partial charge is 0.253 e. The van der Waals surface area contributed by atoms with E-state index in [1.165, 1.54) is 0 Å². The Morgan fingerprint density at radius 2 is 1.66 bits per heavy atom. The SMILES string of the molecule is O=C(CC(NC(=O)c1ccccc1Cl)c1ccccc1)Nc1cccc(CO)c1. The van der Waals surface area contributed by atoms with E-state index in [1.54, 1.807) is 48.5 Å². The summed E-state index contributed by atoms with van der Waals surface area (Å²) in [5.74, 6) is -0.604. The number of aliphatic hydroxyl groups is 1. The summed E-state index contributed by atoms with van der Waals surface area (Å²) in [4.78, 5) is 25.3. The number of anilines is 1. The van der Waals surface area contributed by atoms with Crippen LogP contribution in [0.3, 0.4) is 0 Å². The van der Waals surface area contributed by atoms with E-state index in [0.717, 1.165) is 5.56 Å². The Bertz CT molecular complexity index is 992. The van der Waals surface area contributed by atoms with Crippen molar-refractivity contribution in [3.05, 3.63) is 101 Å². The zero-order valence-electron chi connectivity index (χ0n) is 15.6. The highest BCUT2D eigenvalue weighted by Gasteiger charge is 2.20. The summed E-state index contributed by atoms with van der Waals surface area (Å²) in [5.41, 5.74) is 2.46. The van der Waals surface area contributed by atoms with Gasteiger partial charge in [0.25, 0.3) is 5.91 Å². The van der Waals surface area contributed by atoms with Crippen molar-refractivity contribution < 1.29 is 14.7 Å². The van der Waals surface area contributed by atoms with Gasteiger partial charge in [0, 0.05) is 5.69 Å². The van der Waals surface area contributed by atoms with E-state index >= 15 is 0 Å². The molecule has 1 unspecified atom stereocenters. The van der Waals surface area contributed by atoms with Crippen LogP contribution in [0.4, 0.5) is 5.69 Å². The van der Waals surface area contributed by atoms with Crippen molar-refractivity contribution in [1.29, 1.82) is 0 Å². The molecule has 29 heavy (non-hydrogen) atoms. The van der Waals surface area contributed by atoms with E-state index in [1.807, 2.05) is 30.3 Å². The number of carbonyl (C=O) groups excluding carboxylic acids is 2. The Morgan fingerprint density at radius 3 is 2.38 bits per heavy atom. The predicted molar refractivity (Wildman–Crippen MR) is 114 cm³/mol. The van der Waals surface area contributed by atoms with Crippen LogP contribution in [0.5, 0.6) is 0 Å². The maximum atomic E-state index is 12.7. The molecule has 1 atom stereocenters. The molecule has 0 heterocycles. The van der Waals surface area contributed by atoms with Gasteiger partial charge in [0.1, 0.15) is 0 Å². The van der Waals surface area contributed by atoms with E-state index in [2.05, 4.69) is 10.6 Å². The van der Waals surface area contributed by atoms with Crippen LogP contribution < -0.4 is 10.6 Å². The number of carbonyl (C=O) groups is 2. The second-order valence-corrected chi connectivity index (χ2v) is 6.93. The van der Waals surface area contributed by atoms with Crippen LogP contribution >= 0.6 is 11.6 Å². The van der Waals surface area contributed by atoms with Gasteiger partial charge in [-0.15, -0.1) is 0 Å². The van der Waals surface area contributed by atoms with Crippen LogP contribution in [0.25, 0.3) is 0 Å². The molecule has 0 bridgehead atoms. The van der Waals surface area contributed by atoms with Gasteiger partial charge in [-0.1, -0.05) is 66.2 Å². The summed E-state index contributed by atoms with van der Waals surface area (Å²) in [7, 11) is 0. The number of nitrogens with one attached hydrogen (secondary N) is 2. The molecular weight excluding hydrogens is 388 g/mol. The molecule has 3 rings (SSSR count). The van der Waals surface area contributed by atoms with Crippen molar-refractivity contribution in [2.75, 3.05) is 5.32 Å². The summed E-state index contributed by atoms with van der Waals surface area (Å²) in [6.45, 7) is -0.107. The van der Waals surface area contributed by atoms with Gasteiger partial charge in [-0.25, -0.2) is 0 Å². The number of halogens is 1. The summed E-state index contributed by atoms with van der Waals surface area (Å²) in [6.07, 6.45) is 0.0452. The van der Waals surface area contributed by atoms with Gasteiger partial charge in [0.15, 0.2) is 0 Å². The normalized spacial score (nSPS) is 11.5. The van der Waals surface area contributed by atoms with Crippen LogP contribution in [0.1, 0.15) is 33.9 Å². The Hall–Kier alpha value is -3.15. The average molecular weight is 409 g/mol. The molecule has 0 aliphatic rings. The molecule has 148 valence electrons. The maximum Gasteiger partial charge on any atom is 0.253 e. The molecule has 0 saturated heterocycles. The third-order valence-corrected chi connectivity index (χ3v) is 4.74. The molecule has 5 nitrogen and oxygen atoms in total. The lowest BCUT2D eigenvalue weighted by atomic mass is 10.0. The number of benzene rings is 3. The lowest BCUT2D eigenvalue weighted by Gasteiger charge is -2.19. The molecule has 6 heteroatoms. The van der Waals surface area contributed by atoms with E-state index in [0.29, 0.717) is 21.8 Å². The third-order valence-electron chi connectivity index (χ3n) is 4.41. The molecular formula is C23H21ClN2O3. The maximum absolute atomic E-state index is 12.7. The standard InChI is InChI=1S/C23H21ClN2O3/c24-20-12-5-4-11-19(20)23(29)26-21(17-8-2-1-3-9-17)14-22(28)25-18-10-6-7-16(13-18)15-27/h1-13,21,27H,14-15H2,(H,25,28)(H,26,29). The van der Waals surface area contributed by atoms with Crippen molar-refractivity contribution in [3.8, 4) is 0 Å². The number of aliphatic hydroxyl groups excluding tert-OH is 1. The fraction of sp³-hybridized carbons (Fsp3) is 0.130. The van der Waals surface area contributed by atoms with Gasteiger partial charge in [-0.05, 0) is 35.4 Å².